The predicted molar refractivity (Wildman–Crippen MR) is 68.3 cm³/mol. The minimum absolute atomic E-state index is 0.356. The van der Waals surface area contributed by atoms with E-state index in [1.165, 1.54) is 12.0 Å². The molecule has 0 saturated carbocycles. The van der Waals surface area contributed by atoms with Crippen LogP contribution in [0.25, 0.3) is 5.69 Å². The molecule has 4 nitrogen and oxygen atoms in total. The van der Waals surface area contributed by atoms with Crippen LogP contribution < -0.4 is 4.18 Å². The van der Waals surface area contributed by atoms with Crippen molar-refractivity contribution in [1.29, 1.82) is 0 Å². The van der Waals surface area contributed by atoms with Gasteiger partial charge in [0.2, 0.25) is 0 Å². The molecule has 0 aliphatic heterocycles. The summed E-state index contributed by atoms with van der Waals surface area (Å²) in [5.41, 5.74) is 1.04. The summed E-state index contributed by atoms with van der Waals surface area (Å²) in [6.45, 7) is 1.73. The van der Waals surface area contributed by atoms with Gasteiger partial charge in [0.15, 0.2) is 0 Å². The highest BCUT2D eigenvalue weighted by Crippen LogP contribution is 2.19. The van der Waals surface area contributed by atoms with Crippen molar-refractivity contribution in [1.82, 2.24) is 9.55 Å². The standard InChI is InChI=1S/C12H14N2O2S/c1-10(15)8-17-16-12-4-2-11(3-5-12)14-7-6-13-9-14/h2-7,9-10,15H,8H2,1H3. The summed E-state index contributed by atoms with van der Waals surface area (Å²) in [6.07, 6.45) is 5.02. The lowest BCUT2D eigenvalue weighted by molar-refractivity contribution is 0.219. The van der Waals surface area contributed by atoms with E-state index in [0.717, 1.165) is 11.4 Å². The van der Waals surface area contributed by atoms with Crippen LogP contribution in [0.1, 0.15) is 6.92 Å². The van der Waals surface area contributed by atoms with E-state index in [4.69, 9.17) is 9.29 Å². The highest BCUT2D eigenvalue weighted by atomic mass is 32.2. The van der Waals surface area contributed by atoms with Crippen molar-refractivity contribution in [3.8, 4) is 11.4 Å². The number of aliphatic hydroxyl groups excluding tert-OH is 1. The van der Waals surface area contributed by atoms with Gasteiger partial charge in [-0.3, -0.25) is 0 Å². The molecule has 1 unspecified atom stereocenters. The van der Waals surface area contributed by atoms with Crippen LogP contribution in [0, 0.1) is 0 Å². The summed E-state index contributed by atoms with van der Waals surface area (Å²) in [5.74, 6) is 1.34. The van der Waals surface area contributed by atoms with E-state index in [-0.39, 0.29) is 6.10 Å². The molecule has 90 valence electrons. The van der Waals surface area contributed by atoms with Gasteiger partial charge in [-0.1, -0.05) is 0 Å². The molecule has 0 aliphatic carbocycles. The third kappa shape index (κ3) is 3.51. The molecule has 1 aromatic carbocycles. The molecule has 0 fully saturated rings. The fourth-order valence-electron chi connectivity index (χ4n) is 1.29. The fraction of sp³-hybridized carbons (Fsp3) is 0.250. The number of imidazole rings is 1. The number of hydrogen-bond acceptors (Lipinski definition) is 4. The van der Waals surface area contributed by atoms with Crippen molar-refractivity contribution >= 4 is 12.0 Å². The molecular weight excluding hydrogens is 236 g/mol. The Kier molecular flexibility index (Phi) is 4.06. The first-order valence-corrected chi connectivity index (χ1v) is 6.23. The van der Waals surface area contributed by atoms with Crippen molar-refractivity contribution in [2.45, 2.75) is 13.0 Å². The summed E-state index contributed by atoms with van der Waals surface area (Å²) >= 11 is 1.25. The summed E-state index contributed by atoms with van der Waals surface area (Å²) < 4.78 is 7.34. The lowest BCUT2D eigenvalue weighted by Crippen LogP contribution is -2.03. The van der Waals surface area contributed by atoms with Gasteiger partial charge in [0.1, 0.15) is 5.75 Å². The molecule has 1 atom stereocenters. The summed E-state index contributed by atoms with van der Waals surface area (Å²) in [7, 11) is 0. The Bertz CT molecular complexity index is 440. The molecule has 17 heavy (non-hydrogen) atoms. The number of nitrogens with zero attached hydrogens (tertiary/aromatic N) is 2. The lowest BCUT2D eigenvalue weighted by atomic mass is 10.3. The number of benzene rings is 1. The van der Waals surface area contributed by atoms with E-state index >= 15 is 0 Å². The monoisotopic (exact) mass is 250 g/mol. The highest BCUT2D eigenvalue weighted by Gasteiger charge is 2.00. The van der Waals surface area contributed by atoms with E-state index in [0.29, 0.717) is 5.75 Å². The van der Waals surface area contributed by atoms with E-state index in [1.54, 1.807) is 19.4 Å². The van der Waals surface area contributed by atoms with Crippen LogP contribution in [-0.4, -0.2) is 26.5 Å². The number of hydrogen-bond donors (Lipinski definition) is 1. The number of aromatic nitrogens is 2. The van der Waals surface area contributed by atoms with Gasteiger partial charge in [-0.25, -0.2) is 4.98 Å². The van der Waals surface area contributed by atoms with Gasteiger partial charge in [-0.05, 0) is 31.2 Å². The summed E-state index contributed by atoms with van der Waals surface area (Å²) in [4.78, 5) is 3.99. The molecule has 0 saturated heterocycles. The maximum absolute atomic E-state index is 9.09. The molecule has 0 radical (unpaired) electrons. The molecule has 5 heteroatoms. The van der Waals surface area contributed by atoms with Crippen LogP contribution in [-0.2, 0) is 0 Å². The Balaban J connectivity index is 1.94. The molecule has 0 bridgehead atoms. The molecule has 1 aromatic heterocycles. The Labute approximate surface area is 104 Å². The predicted octanol–water partition coefficient (Wildman–Crippen LogP) is 2.28. The largest absolute Gasteiger partial charge is 0.426 e. The van der Waals surface area contributed by atoms with Crippen molar-refractivity contribution < 1.29 is 9.29 Å². The molecule has 1 N–H and O–H groups in total. The second kappa shape index (κ2) is 5.75. The molecule has 0 amide bonds. The molecule has 2 rings (SSSR count). The number of rotatable bonds is 5. The van der Waals surface area contributed by atoms with Crippen LogP contribution in [0.2, 0.25) is 0 Å². The van der Waals surface area contributed by atoms with Crippen LogP contribution in [0.5, 0.6) is 5.75 Å². The van der Waals surface area contributed by atoms with Gasteiger partial charge in [-0.15, -0.1) is 0 Å². The van der Waals surface area contributed by atoms with Crippen LogP contribution in [0.4, 0.5) is 0 Å². The van der Waals surface area contributed by atoms with Crippen LogP contribution in [0.3, 0.4) is 0 Å². The number of aliphatic hydroxyl groups is 1. The third-order valence-corrected chi connectivity index (χ3v) is 3.03. The van der Waals surface area contributed by atoms with Gasteiger partial charge in [0.25, 0.3) is 0 Å². The van der Waals surface area contributed by atoms with Crippen molar-refractivity contribution in [2.24, 2.45) is 0 Å². The topological polar surface area (TPSA) is 47.3 Å². The lowest BCUT2D eigenvalue weighted by Gasteiger charge is -2.07. The zero-order chi connectivity index (χ0) is 12.1. The molecule has 1 heterocycles. The second-order valence-electron chi connectivity index (χ2n) is 3.68. The Morgan fingerprint density at radius 3 is 2.76 bits per heavy atom. The van der Waals surface area contributed by atoms with Crippen LogP contribution in [0.15, 0.2) is 43.0 Å². The first-order chi connectivity index (χ1) is 8.25. The second-order valence-corrected chi connectivity index (χ2v) is 4.42. The molecular formula is C12H14N2O2S. The van der Waals surface area contributed by atoms with Gasteiger partial charge >= 0.3 is 0 Å². The summed E-state index contributed by atoms with van der Waals surface area (Å²) in [5, 5.41) is 9.09. The van der Waals surface area contributed by atoms with Gasteiger partial charge in [0, 0.05) is 18.1 Å². The average Bonchev–Trinajstić information content (AvgIpc) is 2.83. The normalized spacial score (nSPS) is 12.4. The van der Waals surface area contributed by atoms with E-state index < -0.39 is 0 Å². The maximum Gasteiger partial charge on any atom is 0.137 e. The highest BCUT2D eigenvalue weighted by molar-refractivity contribution is 7.95. The van der Waals surface area contributed by atoms with E-state index in [9.17, 15) is 0 Å². The maximum atomic E-state index is 9.09. The Hall–Kier alpha value is -1.46. The zero-order valence-electron chi connectivity index (χ0n) is 9.48. The van der Waals surface area contributed by atoms with Crippen molar-refractivity contribution in [3.05, 3.63) is 43.0 Å². The Morgan fingerprint density at radius 2 is 2.18 bits per heavy atom. The quantitative estimate of drug-likeness (QED) is 0.827. The molecule has 0 spiro atoms. The van der Waals surface area contributed by atoms with Crippen molar-refractivity contribution in [3.63, 3.8) is 0 Å². The minimum Gasteiger partial charge on any atom is -0.426 e. The van der Waals surface area contributed by atoms with E-state index in [2.05, 4.69) is 4.98 Å². The van der Waals surface area contributed by atoms with Gasteiger partial charge in [-0.2, -0.15) is 0 Å². The van der Waals surface area contributed by atoms with Gasteiger partial charge < -0.3 is 13.9 Å². The SMILES string of the molecule is CC(O)CSOc1ccc(-n2ccnc2)cc1. The third-order valence-electron chi connectivity index (χ3n) is 2.10. The average molecular weight is 250 g/mol. The van der Waals surface area contributed by atoms with Gasteiger partial charge in [0.05, 0.1) is 30.2 Å². The smallest absolute Gasteiger partial charge is 0.137 e. The van der Waals surface area contributed by atoms with Crippen molar-refractivity contribution in [2.75, 3.05) is 5.75 Å². The first kappa shape index (κ1) is 12.0. The van der Waals surface area contributed by atoms with Crippen LogP contribution >= 0.6 is 12.0 Å². The fourth-order valence-corrected chi connectivity index (χ4v) is 1.80. The van der Waals surface area contributed by atoms with E-state index in [1.807, 2.05) is 35.0 Å². The zero-order valence-corrected chi connectivity index (χ0v) is 10.3. The first-order valence-electron chi connectivity index (χ1n) is 5.31. The summed E-state index contributed by atoms with van der Waals surface area (Å²) in [6, 6.07) is 7.70. The molecule has 0 aliphatic rings. The molecule has 2 aromatic rings. The Morgan fingerprint density at radius 1 is 1.41 bits per heavy atom. The minimum atomic E-state index is -0.356.